The summed E-state index contributed by atoms with van der Waals surface area (Å²) in [6.07, 6.45) is 1.05. The Balaban J connectivity index is 2.83. The van der Waals surface area contributed by atoms with Crippen molar-refractivity contribution in [2.24, 2.45) is 0 Å². The van der Waals surface area contributed by atoms with Crippen LogP contribution in [-0.4, -0.2) is 33.7 Å². The van der Waals surface area contributed by atoms with Crippen molar-refractivity contribution in [1.82, 2.24) is 5.32 Å². The molecule has 19 heavy (non-hydrogen) atoms. The standard InChI is InChI=1S/C11H16ClN3O3S/c1-3-13-7-11(16)14-10-6-8(4-5-9(10)12)15-19(2,17)18/h4-6,13,15H,3,7H2,1-2H3,(H,14,16). The van der Waals surface area contributed by atoms with E-state index < -0.39 is 10.0 Å². The molecule has 0 unspecified atom stereocenters. The number of halogens is 1. The van der Waals surface area contributed by atoms with Crippen LogP contribution in [0.3, 0.4) is 0 Å². The summed E-state index contributed by atoms with van der Waals surface area (Å²) in [5.74, 6) is -0.250. The molecule has 0 heterocycles. The highest BCUT2D eigenvalue weighted by atomic mass is 35.5. The lowest BCUT2D eigenvalue weighted by Gasteiger charge is -2.10. The van der Waals surface area contributed by atoms with E-state index in [1.165, 1.54) is 18.2 Å². The van der Waals surface area contributed by atoms with Crippen LogP contribution in [0, 0.1) is 0 Å². The lowest BCUT2D eigenvalue weighted by Crippen LogP contribution is -2.27. The molecule has 6 nitrogen and oxygen atoms in total. The van der Waals surface area contributed by atoms with Crippen LogP contribution in [0.2, 0.25) is 5.02 Å². The Bertz CT molecular complexity index is 560. The first-order valence-electron chi connectivity index (χ1n) is 5.59. The maximum atomic E-state index is 11.5. The molecule has 8 heteroatoms. The number of likely N-dealkylation sites (N-methyl/N-ethyl adjacent to an activating group) is 1. The normalized spacial score (nSPS) is 11.1. The Morgan fingerprint density at radius 3 is 2.63 bits per heavy atom. The average Bonchev–Trinajstić information content (AvgIpc) is 2.29. The van der Waals surface area contributed by atoms with Gasteiger partial charge < -0.3 is 10.6 Å². The number of sulfonamides is 1. The van der Waals surface area contributed by atoms with Gasteiger partial charge in [-0.05, 0) is 24.7 Å². The zero-order chi connectivity index (χ0) is 14.5. The fourth-order valence-corrected chi connectivity index (χ4v) is 2.05. The topological polar surface area (TPSA) is 87.3 Å². The molecule has 0 aliphatic heterocycles. The van der Waals surface area contributed by atoms with E-state index in [1.54, 1.807) is 0 Å². The highest BCUT2D eigenvalue weighted by Crippen LogP contribution is 2.25. The summed E-state index contributed by atoms with van der Waals surface area (Å²) >= 11 is 5.93. The van der Waals surface area contributed by atoms with Gasteiger partial charge >= 0.3 is 0 Å². The minimum absolute atomic E-state index is 0.163. The number of nitrogens with one attached hydrogen (secondary N) is 3. The highest BCUT2D eigenvalue weighted by Gasteiger charge is 2.08. The molecule has 0 fully saturated rings. The van der Waals surface area contributed by atoms with Crippen LogP contribution >= 0.6 is 11.6 Å². The van der Waals surface area contributed by atoms with E-state index in [9.17, 15) is 13.2 Å². The van der Waals surface area contributed by atoms with Gasteiger partial charge in [0.05, 0.1) is 29.2 Å². The molecule has 0 atom stereocenters. The van der Waals surface area contributed by atoms with Gasteiger partial charge in [0.2, 0.25) is 15.9 Å². The number of hydrogen-bond acceptors (Lipinski definition) is 4. The molecule has 1 aromatic carbocycles. The minimum atomic E-state index is -3.37. The lowest BCUT2D eigenvalue weighted by molar-refractivity contribution is -0.115. The van der Waals surface area contributed by atoms with Gasteiger partial charge in [0.1, 0.15) is 0 Å². The van der Waals surface area contributed by atoms with Crippen LogP contribution < -0.4 is 15.4 Å². The van der Waals surface area contributed by atoms with Crippen molar-refractivity contribution in [2.75, 3.05) is 29.4 Å². The second-order valence-electron chi connectivity index (χ2n) is 3.90. The number of anilines is 2. The summed E-state index contributed by atoms with van der Waals surface area (Å²) in [6.45, 7) is 2.73. The van der Waals surface area contributed by atoms with Crippen LogP contribution in [0.5, 0.6) is 0 Å². The zero-order valence-electron chi connectivity index (χ0n) is 10.7. The Hall–Kier alpha value is -1.31. The number of hydrogen-bond donors (Lipinski definition) is 3. The fraction of sp³-hybridized carbons (Fsp3) is 0.364. The highest BCUT2D eigenvalue weighted by molar-refractivity contribution is 7.92. The van der Waals surface area contributed by atoms with Crippen molar-refractivity contribution in [3.8, 4) is 0 Å². The Morgan fingerprint density at radius 2 is 2.05 bits per heavy atom. The molecule has 1 aromatic rings. The van der Waals surface area contributed by atoms with E-state index >= 15 is 0 Å². The summed E-state index contributed by atoms with van der Waals surface area (Å²) in [6, 6.07) is 4.49. The van der Waals surface area contributed by atoms with E-state index in [-0.39, 0.29) is 12.5 Å². The van der Waals surface area contributed by atoms with E-state index in [2.05, 4.69) is 15.4 Å². The SMILES string of the molecule is CCNCC(=O)Nc1cc(NS(C)(=O)=O)ccc1Cl. The predicted molar refractivity (Wildman–Crippen MR) is 77.1 cm³/mol. The maximum absolute atomic E-state index is 11.5. The van der Waals surface area contributed by atoms with Gasteiger partial charge in [0.25, 0.3) is 0 Å². The fourth-order valence-electron chi connectivity index (χ4n) is 1.33. The Labute approximate surface area is 117 Å². The number of rotatable bonds is 6. The molecule has 0 bridgehead atoms. The average molecular weight is 306 g/mol. The van der Waals surface area contributed by atoms with Crippen LogP contribution in [0.25, 0.3) is 0 Å². The largest absolute Gasteiger partial charge is 0.324 e. The lowest BCUT2D eigenvalue weighted by atomic mass is 10.3. The zero-order valence-corrected chi connectivity index (χ0v) is 12.2. The second kappa shape index (κ2) is 6.74. The number of benzene rings is 1. The van der Waals surface area contributed by atoms with Gasteiger partial charge in [0, 0.05) is 0 Å². The molecule has 106 valence electrons. The number of carbonyl (C=O) groups excluding carboxylic acids is 1. The van der Waals surface area contributed by atoms with E-state index in [0.717, 1.165) is 6.26 Å². The summed E-state index contributed by atoms with van der Waals surface area (Å²) in [7, 11) is -3.37. The van der Waals surface area contributed by atoms with E-state index in [0.29, 0.717) is 22.9 Å². The minimum Gasteiger partial charge on any atom is -0.324 e. The number of carbonyl (C=O) groups is 1. The predicted octanol–water partition coefficient (Wildman–Crippen LogP) is 1.26. The molecule has 3 N–H and O–H groups in total. The Morgan fingerprint density at radius 1 is 1.37 bits per heavy atom. The maximum Gasteiger partial charge on any atom is 0.238 e. The van der Waals surface area contributed by atoms with Crippen LogP contribution in [0.15, 0.2) is 18.2 Å². The molecule has 0 aliphatic carbocycles. The summed E-state index contributed by atoms with van der Waals surface area (Å²) in [5.41, 5.74) is 0.698. The summed E-state index contributed by atoms with van der Waals surface area (Å²) < 4.78 is 24.5. The van der Waals surface area contributed by atoms with Crippen LogP contribution in [0.4, 0.5) is 11.4 Å². The quantitative estimate of drug-likeness (QED) is 0.738. The van der Waals surface area contributed by atoms with Crippen molar-refractivity contribution >= 4 is 38.9 Å². The molecule has 0 aliphatic rings. The third kappa shape index (κ3) is 5.91. The Kier molecular flexibility index (Phi) is 5.59. The molecule has 0 radical (unpaired) electrons. The smallest absolute Gasteiger partial charge is 0.238 e. The molecular weight excluding hydrogens is 290 g/mol. The molecular formula is C11H16ClN3O3S. The van der Waals surface area contributed by atoms with Crippen molar-refractivity contribution in [2.45, 2.75) is 6.92 Å². The van der Waals surface area contributed by atoms with Gasteiger partial charge in [-0.1, -0.05) is 18.5 Å². The first kappa shape index (κ1) is 15.7. The van der Waals surface area contributed by atoms with E-state index in [4.69, 9.17) is 11.6 Å². The summed E-state index contributed by atoms with van der Waals surface area (Å²) in [5, 5.41) is 5.81. The molecule has 0 saturated heterocycles. The third-order valence-corrected chi connectivity index (χ3v) is 3.02. The van der Waals surface area contributed by atoms with Crippen molar-refractivity contribution in [1.29, 1.82) is 0 Å². The van der Waals surface area contributed by atoms with Crippen molar-refractivity contribution in [3.63, 3.8) is 0 Å². The van der Waals surface area contributed by atoms with E-state index in [1.807, 2.05) is 6.92 Å². The van der Waals surface area contributed by atoms with Gasteiger partial charge in [-0.25, -0.2) is 8.42 Å². The first-order valence-corrected chi connectivity index (χ1v) is 7.86. The first-order chi connectivity index (χ1) is 8.81. The van der Waals surface area contributed by atoms with Gasteiger partial charge in [-0.2, -0.15) is 0 Å². The van der Waals surface area contributed by atoms with Crippen LogP contribution in [0.1, 0.15) is 6.92 Å². The molecule has 1 amide bonds. The monoisotopic (exact) mass is 305 g/mol. The van der Waals surface area contributed by atoms with Gasteiger partial charge in [0.15, 0.2) is 0 Å². The van der Waals surface area contributed by atoms with Crippen molar-refractivity contribution < 1.29 is 13.2 Å². The van der Waals surface area contributed by atoms with Crippen LogP contribution in [-0.2, 0) is 14.8 Å². The third-order valence-electron chi connectivity index (χ3n) is 2.08. The second-order valence-corrected chi connectivity index (χ2v) is 6.05. The summed E-state index contributed by atoms with van der Waals surface area (Å²) in [4.78, 5) is 11.5. The molecule has 0 aromatic heterocycles. The van der Waals surface area contributed by atoms with Crippen molar-refractivity contribution in [3.05, 3.63) is 23.2 Å². The molecule has 0 spiro atoms. The molecule has 1 rings (SSSR count). The number of amides is 1. The van der Waals surface area contributed by atoms with Gasteiger partial charge in [-0.15, -0.1) is 0 Å². The molecule has 0 saturated carbocycles. The van der Waals surface area contributed by atoms with Gasteiger partial charge in [-0.3, -0.25) is 9.52 Å².